The molecule has 0 unspecified atom stereocenters. The summed E-state index contributed by atoms with van der Waals surface area (Å²) in [6.45, 7) is 1.78. The first-order chi connectivity index (χ1) is 12.6. The van der Waals surface area contributed by atoms with E-state index in [4.69, 9.17) is 0 Å². The maximum Gasteiger partial charge on any atom is 0.254 e. The van der Waals surface area contributed by atoms with Gasteiger partial charge in [-0.05, 0) is 43.4 Å². The van der Waals surface area contributed by atoms with Crippen molar-refractivity contribution >= 4 is 16.8 Å². The van der Waals surface area contributed by atoms with Crippen molar-refractivity contribution in [3.05, 3.63) is 65.9 Å². The second kappa shape index (κ2) is 6.80. The third-order valence-corrected chi connectivity index (χ3v) is 4.92. The molecule has 1 aromatic carbocycles. The third kappa shape index (κ3) is 3.28. The Hall–Kier alpha value is -2.86. The molecule has 6 nitrogen and oxygen atoms in total. The summed E-state index contributed by atoms with van der Waals surface area (Å²) in [5.74, 6) is 0.590. The highest BCUT2D eigenvalue weighted by atomic mass is 16.3. The SMILES string of the molecule is Cc1ncc(C(=O)N[C@@H](c2cnc3ccccc3c2)C2CC(O)C2)cn1. The first-order valence-corrected chi connectivity index (χ1v) is 8.72. The summed E-state index contributed by atoms with van der Waals surface area (Å²) in [6.07, 6.45) is 5.91. The van der Waals surface area contributed by atoms with Crippen molar-refractivity contribution in [3.8, 4) is 0 Å². The number of aliphatic hydroxyl groups excluding tert-OH is 1. The van der Waals surface area contributed by atoms with E-state index in [2.05, 4.69) is 26.3 Å². The van der Waals surface area contributed by atoms with Gasteiger partial charge >= 0.3 is 0 Å². The molecular formula is C20H20N4O2. The number of nitrogens with zero attached hydrogens (tertiary/aromatic N) is 3. The monoisotopic (exact) mass is 348 g/mol. The summed E-state index contributed by atoms with van der Waals surface area (Å²) in [6, 6.07) is 9.75. The molecule has 3 aromatic rings. The van der Waals surface area contributed by atoms with Gasteiger partial charge in [0.2, 0.25) is 0 Å². The van der Waals surface area contributed by atoms with Crippen LogP contribution in [0.5, 0.6) is 0 Å². The van der Waals surface area contributed by atoms with E-state index in [-0.39, 0.29) is 24.0 Å². The van der Waals surface area contributed by atoms with E-state index in [1.807, 2.05) is 30.5 Å². The standard InChI is InChI=1S/C20H20N4O2/c1-12-21-10-16(11-22-12)20(26)24-19(14-7-17(25)8-14)15-6-13-4-2-3-5-18(13)23-9-15/h2-6,9-11,14,17,19,25H,7-8H2,1H3,(H,24,26)/t14?,17?,19-/m1/s1. The molecule has 1 aliphatic carbocycles. The fourth-order valence-electron chi connectivity index (χ4n) is 3.37. The molecule has 1 fully saturated rings. The van der Waals surface area contributed by atoms with E-state index in [9.17, 15) is 9.90 Å². The van der Waals surface area contributed by atoms with Crippen LogP contribution in [0, 0.1) is 12.8 Å². The summed E-state index contributed by atoms with van der Waals surface area (Å²) in [4.78, 5) is 25.3. The normalized spacial score (nSPS) is 20.4. The van der Waals surface area contributed by atoms with Gasteiger partial charge in [-0.1, -0.05) is 18.2 Å². The van der Waals surface area contributed by atoms with E-state index >= 15 is 0 Å². The number of nitrogens with one attached hydrogen (secondary N) is 1. The summed E-state index contributed by atoms with van der Waals surface area (Å²) in [5.41, 5.74) is 2.29. The lowest BCUT2D eigenvalue weighted by Gasteiger charge is -2.38. The molecule has 0 bridgehead atoms. The zero-order valence-electron chi connectivity index (χ0n) is 14.5. The molecule has 1 aliphatic rings. The van der Waals surface area contributed by atoms with Crippen LogP contribution in [0.1, 0.15) is 40.6 Å². The smallest absolute Gasteiger partial charge is 0.254 e. The Labute approximate surface area is 151 Å². The van der Waals surface area contributed by atoms with Crippen LogP contribution >= 0.6 is 0 Å². The lowest BCUT2D eigenvalue weighted by Crippen LogP contribution is -2.41. The molecule has 0 spiro atoms. The highest BCUT2D eigenvalue weighted by Crippen LogP contribution is 2.38. The van der Waals surface area contributed by atoms with Crippen LogP contribution in [0.25, 0.3) is 10.9 Å². The van der Waals surface area contributed by atoms with E-state index in [1.165, 1.54) is 12.4 Å². The first-order valence-electron chi connectivity index (χ1n) is 8.72. The number of aliphatic hydroxyl groups is 1. The number of pyridine rings is 1. The third-order valence-electron chi connectivity index (χ3n) is 4.92. The molecule has 2 heterocycles. The lowest BCUT2D eigenvalue weighted by molar-refractivity contribution is 0.0235. The van der Waals surface area contributed by atoms with Crippen molar-refractivity contribution in [3.63, 3.8) is 0 Å². The van der Waals surface area contributed by atoms with Crippen LogP contribution in [0.15, 0.2) is 48.9 Å². The van der Waals surface area contributed by atoms with Gasteiger partial charge in [-0.25, -0.2) is 9.97 Å². The zero-order valence-corrected chi connectivity index (χ0v) is 14.5. The van der Waals surface area contributed by atoms with Crippen LogP contribution in [0.3, 0.4) is 0 Å². The fraction of sp³-hybridized carbons (Fsp3) is 0.300. The molecule has 2 aromatic heterocycles. The molecule has 2 N–H and O–H groups in total. The number of carbonyl (C=O) groups is 1. The largest absolute Gasteiger partial charge is 0.393 e. The summed E-state index contributed by atoms with van der Waals surface area (Å²) < 4.78 is 0. The zero-order chi connectivity index (χ0) is 18.1. The minimum absolute atomic E-state index is 0.184. The molecule has 4 rings (SSSR count). The van der Waals surface area contributed by atoms with Crippen molar-refractivity contribution in [1.29, 1.82) is 0 Å². The predicted octanol–water partition coefficient (Wildman–Crippen LogP) is 2.58. The predicted molar refractivity (Wildman–Crippen MR) is 97.5 cm³/mol. The van der Waals surface area contributed by atoms with Crippen LogP contribution in [-0.4, -0.2) is 32.1 Å². The number of para-hydroxylation sites is 1. The molecule has 1 amide bonds. The Balaban J connectivity index is 1.63. The van der Waals surface area contributed by atoms with Gasteiger partial charge in [0.25, 0.3) is 5.91 Å². The minimum atomic E-state index is -0.296. The maximum atomic E-state index is 12.7. The van der Waals surface area contributed by atoms with E-state index in [0.29, 0.717) is 24.2 Å². The molecular weight excluding hydrogens is 328 g/mol. The number of hydrogen-bond acceptors (Lipinski definition) is 5. The highest BCUT2D eigenvalue weighted by Gasteiger charge is 2.36. The fourth-order valence-corrected chi connectivity index (χ4v) is 3.37. The molecule has 0 saturated heterocycles. The average molecular weight is 348 g/mol. The van der Waals surface area contributed by atoms with Gasteiger partial charge in [0.15, 0.2) is 0 Å². The van der Waals surface area contributed by atoms with Gasteiger partial charge < -0.3 is 10.4 Å². The number of aromatic nitrogens is 3. The summed E-state index contributed by atoms with van der Waals surface area (Å²) >= 11 is 0. The summed E-state index contributed by atoms with van der Waals surface area (Å²) in [7, 11) is 0. The lowest BCUT2D eigenvalue weighted by atomic mass is 9.75. The van der Waals surface area contributed by atoms with Gasteiger partial charge in [0.1, 0.15) is 5.82 Å². The second-order valence-electron chi connectivity index (χ2n) is 6.82. The summed E-state index contributed by atoms with van der Waals surface area (Å²) in [5, 5.41) is 13.8. The topological polar surface area (TPSA) is 88.0 Å². The first kappa shape index (κ1) is 16.6. The highest BCUT2D eigenvalue weighted by molar-refractivity contribution is 5.94. The Bertz CT molecular complexity index is 936. The molecule has 1 saturated carbocycles. The van der Waals surface area contributed by atoms with Gasteiger partial charge in [0.05, 0.1) is 23.2 Å². The van der Waals surface area contributed by atoms with Gasteiger partial charge in [-0.15, -0.1) is 0 Å². The van der Waals surface area contributed by atoms with Crippen LogP contribution in [-0.2, 0) is 0 Å². The van der Waals surface area contributed by atoms with Gasteiger partial charge in [-0.2, -0.15) is 0 Å². The number of carbonyl (C=O) groups excluding carboxylic acids is 1. The number of rotatable bonds is 4. The number of aryl methyl sites for hydroxylation is 1. The van der Waals surface area contributed by atoms with Crippen LogP contribution < -0.4 is 5.32 Å². The molecule has 0 radical (unpaired) electrons. The van der Waals surface area contributed by atoms with Crippen molar-refractivity contribution < 1.29 is 9.90 Å². The van der Waals surface area contributed by atoms with Crippen LogP contribution in [0.2, 0.25) is 0 Å². The molecule has 26 heavy (non-hydrogen) atoms. The number of hydrogen-bond donors (Lipinski definition) is 2. The Kier molecular flexibility index (Phi) is 4.34. The van der Waals surface area contributed by atoms with E-state index in [1.54, 1.807) is 6.92 Å². The molecule has 0 aliphatic heterocycles. The maximum absolute atomic E-state index is 12.7. The Morgan fingerprint density at radius 1 is 1.15 bits per heavy atom. The van der Waals surface area contributed by atoms with Gasteiger partial charge in [-0.3, -0.25) is 9.78 Å². The Morgan fingerprint density at radius 2 is 1.88 bits per heavy atom. The number of benzene rings is 1. The number of fused-ring (bicyclic) bond motifs is 1. The molecule has 1 atom stereocenters. The minimum Gasteiger partial charge on any atom is -0.393 e. The van der Waals surface area contributed by atoms with Crippen molar-refractivity contribution in [2.45, 2.75) is 31.9 Å². The van der Waals surface area contributed by atoms with Crippen molar-refractivity contribution in [2.75, 3.05) is 0 Å². The second-order valence-corrected chi connectivity index (χ2v) is 6.82. The van der Waals surface area contributed by atoms with Crippen molar-refractivity contribution in [2.24, 2.45) is 5.92 Å². The quantitative estimate of drug-likeness (QED) is 0.756. The molecule has 6 heteroatoms. The van der Waals surface area contributed by atoms with E-state index in [0.717, 1.165) is 16.5 Å². The molecule has 132 valence electrons. The Morgan fingerprint density at radius 3 is 2.62 bits per heavy atom. The van der Waals surface area contributed by atoms with Crippen LogP contribution in [0.4, 0.5) is 0 Å². The number of amides is 1. The average Bonchev–Trinajstić information content (AvgIpc) is 2.64. The van der Waals surface area contributed by atoms with E-state index < -0.39 is 0 Å². The van der Waals surface area contributed by atoms with Gasteiger partial charge in [0, 0.05) is 24.0 Å². The van der Waals surface area contributed by atoms with Crippen molar-refractivity contribution in [1.82, 2.24) is 20.3 Å².